The number of pyridine rings is 1. The van der Waals surface area contributed by atoms with Gasteiger partial charge in [0.2, 0.25) is 0 Å². The molecular weight excluding hydrogens is 755 g/mol. The number of hydrogen-bond acceptors (Lipinski definition) is 5. The molecule has 0 saturated heterocycles. The molecule has 5 nitrogen and oxygen atoms in total. The van der Waals surface area contributed by atoms with Crippen LogP contribution >= 0.6 is 0 Å². The SMILES string of the molecule is C1=CCC(c2ccc(-c3nc(-c4ccccc4)nc(-c4cccc(N5c6ccccc6C6=CC7=C(CC65)c5ccccc5C7(c5ccccc5)c5ccccn5)c4)n3)cc2)C=C1. The van der Waals surface area contributed by atoms with Crippen LogP contribution in [0.5, 0.6) is 0 Å². The van der Waals surface area contributed by atoms with E-state index in [0.29, 0.717) is 23.4 Å². The molecule has 12 rings (SSSR count). The Balaban J connectivity index is 0.977. The van der Waals surface area contributed by atoms with E-state index in [9.17, 15) is 0 Å². The van der Waals surface area contributed by atoms with E-state index in [1.54, 1.807) is 0 Å². The van der Waals surface area contributed by atoms with E-state index in [2.05, 4.69) is 187 Å². The first-order valence-electron chi connectivity index (χ1n) is 21.5. The van der Waals surface area contributed by atoms with Crippen molar-refractivity contribution in [2.45, 2.75) is 30.2 Å². The van der Waals surface area contributed by atoms with Gasteiger partial charge in [-0.15, -0.1) is 0 Å². The van der Waals surface area contributed by atoms with Crippen LogP contribution in [0.3, 0.4) is 0 Å². The zero-order chi connectivity index (χ0) is 41.0. The molecule has 8 aromatic rings. The molecule has 0 fully saturated rings. The lowest BCUT2D eigenvalue weighted by molar-refractivity contribution is 0.721. The van der Waals surface area contributed by atoms with Crippen LogP contribution in [0.2, 0.25) is 0 Å². The minimum absolute atomic E-state index is 0.0755. The molecule has 6 aromatic carbocycles. The maximum Gasteiger partial charge on any atom is 0.164 e. The van der Waals surface area contributed by atoms with Gasteiger partial charge >= 0.3 is 0 Å². The van der Waals surface area contributed by atoms with Crippen molar-refractivity contribution < 1.29 is 0 Å². The predicted molar refractivity (Wildman–Crippen MR) is 251 cm³/mol. The molecule has 1 aliphatic heterocycles. The lowest BCUT2D eigenvalue weighted by atomic mass is 9.67. The van der Waals surface area contributed by atoms with Crippen LogP contribution in [0.15, 0.2) is 218 Å². The third-order valence-corrected chi connectivity index (χ3v) is 13.1. The molecule has 294 valence electrons. The predicted octanol–water partition coefficient (Wildman–Crippen LogP) is 13.0. The molecular formula is C57H41N5. The Morgan fingerprint density at radius 2 is 1.24 bits per heavy atom. The summed E-state index contributed by atoms with van der Waals surface area (Å²) in [7, 11) is 0. The highest BCUT2D eigenvalue weighted by molar-refractivity contribution is 6.01. The molecule has 3 atom stereocenters. The topological polar surface area (TPSA) is 54.8 Å². The number of aromatic nitrogens is 4. The Kier molecular flexibility index (Phi) is 8.60. The van der Waals surface area contributed by atoms with E-state index in [0.717, 1.165) is 40.9 Å². The van der Waals surface area contributed by atoms with Crippen molar-refractivity contribution in [2.75, 3.05) is 4.90 Å². The van der Waals surface area contributed by atoms with Gasteiger partial charge in [-0.2, -0.15) is 0 Å². The Morgan fingerprint density at radius 3 is 2.00 bits per heavy atom. The zero-order valence-electron chi connectivity index (χ0n) is 34.0. The molecule has 0 bridgehead atoms. The fourth-order valence-corrected chi connectivity index (χ4v) is 10.3. The summed E-state index contributed by atoms with van der Waals surface area (Å²) in [6.45, 7) is 0. The van der Waals surface area contributed by atoms with E-state index in [-0.39, 0.29) is 6.04 Å². The third kappa shape index (κ3) is 5.77. The molecule has 5 heteroatoms. The van der Waals surface area contributed by atoms with Crippen LogP contribution in [-0.2, 0) is 5.41 Å². The molecule has 0 N–H and O–H groups in total. The number of para-hydroxylation sites is 1. The fraction of sp³-hybridized carbons (Fsp3) is 0.0877. The summed E-state index contributed by atoms with van der Waals surface area (Å²) in [6.07, 6.45) is 15.0. The highest BCUT2D eigenvalue weighted by Crippen LogP contribution is 2.60. The highest BCUT2D eigenvalue weighted by atomic mass is 15.2. The van der Waals surface area contributed by atoms with Crippen LogP contribution in [0.1, 0.15) is 52.3 Å². The van der Waals surface area contributed by atoms with Gasteiger partial charge in [0.25, 0.3) is 0 Å². The van der Waals surface area contributed by atoms with E-state index < -0.39 is 5.41 Å². The van der Waals surface area contributed by atoms with Gasteiger partial charge in [-0.1, -0.05) is 176 Å². The smallest absolute Gasteiger partial charge is 0.164 e. The van der Waals surface area contributed by atoms with Crippen LogP contribution in [0, 0.1) is 0 Å². The van der Waals surface area contributed by atoms with Gasteiger partial charge in [-0.3, -0.25) is 4.98 Å². The Bertz CT molecular complexity index is 3090. The van der Waals surface area contributed by atoms with Crippen molar-refractivity contribution in [3.63, 3.8) is 0 Å². The summed E-state index contributed by atoms with van der Waals surface area (Å²) in [6, 6.07) is 62.9. The zero-order valence-corrected chi connectivity index (χ0v) is 34.0. The van der Waals surface area contributed by atoms with E-state index in [4.69, 9.17) is 19.9 Å². The summed E-state index contributed by atoms with van der Waals surface area (Å²) in [5.74, 6) is 2.32. The quantitative estimate of drug-likeness (QED) is 0.161. The summed E-state index contributed by atoms with van der Waals surface area (Å²) < 4.78 is 0. The highest BCUT2D eigenvalue weighted by Gasteiger charge is 2.51. The molecule has 0 spiro atoms. The van der Waals surface area contributed by atoms with E-state index in [1.807, 2.05) is 30.5 Å². The summed E-state index contributed by atoms with van der Waals surface area (Å²) in [4.78, 5) is 23.0. The average molecular weight is 796 g/mol. The molecule has 62 heavy (non-hydrogen) atoms. The van der Waals surface area contributed by atoms with Crippen LogP contribution in [0.25, 0.3) is 45.3 Å². The monoisotopic (exact) mass is 795 g/mol. The van der Waals surface area contributed by atoms with Crippen molar-refractivity contribution in [1.29, 1.82) is 0 Å². The van der Waals surface area contributed by atoms with Gasteiger partial charge in [0, 0.05) is 45.7 Å². The molecule has 0 amide bonds. The molecule has 2 aromatic heterocycles. The van der Waals surface area contributed by atoms with Gasteiger partial charge < -0.3 is 4.90 Å². The number of fused-ring (bicyclic) bond motifs is 5. The first-order valence-corrected chi connectivity index (χ1v) is 21.5. The number of hydrogen-bond donors (Lipinski definition) is 0. The van der Waals surface area contributed by atoms with Gasteiger partial charge in [0.05, 0.1) is 17.2 Å². The first-order chi connectivity index (χ1) is 30.7. The molecule has 0 saturated carbocycles. The number of benzene rings is 6. The Labute approximate surface area is 361 Å². The maximum atomic E-state index is 5.19. The Hall–Kier alpha value is -7.76. The van der Waals surface area contributed by atoms with Gasteiger partial charge in [0.15, 0.2) is 17.5 Å². The third-order valence-electron chi connectivity index (χ3n) is 13.1. The second-order valence-corrected chi connectivity index (χ2v) is 16.5. The van der Waals surface area contributed by atoms with Crippen LogP contribution in [0.4, 0.5) is 11.4 Å². The summed E-state index contributed by atoms with van der Waals surface area (Å²) in [5.41, 5.74) is 16.0. The summed E-state index contributed by atoms with van der Waals surface area (Å²) >= 11 is 0. The average Bonchev–Trinajstić information content (AvgIpc) is 3.84. The van der Waals surface area contributed by atoms with Crippen LogP contribution < -0.4 is 4.90 Å². The lowest BCUT2D eigenvalue weighted by Crippen LogP contribution is -2.33. The van der Waals surface area contributed by atoms with Gasteiger partial charge in [-0.25, -0.2) is 15.0 Å². The van der Waals surface area contributed by atoms with Crippen molar-refractivity contribution in [2.24, 2.45) is 0 Å². The Morgan fingerprint density at radius 1 is 0.565 bits per heavy atom. The van der Waals surface area contributed by atoms with E-state index in [1.165, 1.54) is 50.2 Å². The fourth-order valence-electron chi connectivity index (χ4n) is 10.3. The minimum Gasteiger partial charge on any atom is -0.333 e. The minimum atomic E-state index is -0.549. The standard InChI is InChI=1S/C57H41N5/c1-4-17-38(18-5-1)39-30-32-41(33-31-39)55-59-54(40-19-6-2-7-20-40)60-56(61-55)42-21-16-24-44(35-42)62-51-28-13-11-26-46(51)48-36-50-47(37-52(48)62)45-25-10-12-27-49(45)57(50,43-22-8-3-9-23-43)53-29-14-15-34-58-53/h1-17,19-36,38,52H,18,37H2. The largest absolute Gasteiger partial charge is 0.333 e. The maximum absolute atomic E-state index is 5.19. The molecule has 0 radical (unpaired) electrons. The second kappa shape index (κ2) is 14.8. The molecule has 3 unspecified atom stereocenters. The second-order valence-electron chi connectivity index (χ2n) is 16.5. The number of nitrogens with zero attached hydrogens (tertiary/aromatic N) is 5. The molecule has 4 aliphatic rings. The number of allylic oxidation sites excluding steroid dienone is 6. The van der Waals surface area contributed by atoms with Crippen LogP contribution in [-0.4, -0.2) is 26.0 Å². The summed E-state index contributed by atoms with van der Waals surface area (Å²) in [5, 5.41) is 0. The lowest BCUT2D eigenvalue weighted by Gasteiger charge is -2.36. The molecule has 3 heterocycles. The van der Waals surface area contributed by atoms with Gasteiger partial charge in [-0.05, 0) is 82.1 Å². The number of rotatable bonds is 7. The molecule has 3 aliphatic carbocycles. The first kappa shape index (κ1) is 36.1. The van der Waals surface area contributed by atoms with Crippen molar-refractivity contribution >= 4 is 22.5 Å². The van der Waals surface area contributed by atoms with E-state index >= 15 is 0 Å². The van der Waals surface area contributed by atoms with Gasteiger partial charge in [0.1, 0.15) is 0 Å². The normalized spacial score (nSPS) is 19.4. The number of anilines is 2. The van der Waals surface area contributed by atoms with Crippen molar-refractivity contribution in [3.8, 4) is 34.2 Å². The van der Waals surface area contributed by atoms with Crippen molar-refractivity contribution in [3.05, 3.63) is 252 Å². The van der Waals surface area contributed by atoms with Crippen molar-refractivity contribution in [1.82, 2.24) is 19.9 Å².